The largest absolute Gasteiger partial charge is 0.466 e. The van der Waals surface area contributed by atoms with Crippen LogP contribution >= 0.6 is 0 Å². The molecule has 14 heavy (non-hydrogen) atoms. The maximum absolute atomic E-state index is 10.8. The Kier molecular flexibility index (Phi) is 3.61. The molecule has 0 aromatic heterocycles. The van der Waals surface area contributed by atoms with Crippen LogP contribution in [-0.4, -0.2) is 19.8 Å². The molecule has 1 aromatic carbocycles. The minimum Gasteiger partial charge on any atom is -0.466 e. The second-order valence-corrected chi connectivity index (χ2v) is 2.57. The van der Waals surface area contributed by atoms with Gasteiger partial charge in [-0.15, -0.1) is 0 Å². The highest BCUT2D eigenvalue weighted by Gasteiger charge is 1.96. The zero-order valence-corrected chi connectivity index (χ0v) is 7.93. The molecule has 0 fully saturated rings. The number of benzene rings is 1. The van der Waals surface area contributed by atoms with Gasteiger partial charge >= 0.3 is 5.97 Å². The van der Waals surface area contributed by atoms with Gasteiger partial charge in [0.15, 0.2) is 0 Å². The molecule has 0 saturated heterocycles. The Labute approximate surface area is 82.7 Å². The van der Waals surface area contributed by atoms with Crippen molar-refractivity contribution in [3.63, 3.8) is 0 Å². The Bertz CT molecular complexity index is 369. The molecule has 0 aliphatic heterocycles. The maximum atomic E-state index is 10.8. The van der Waals surface area contributed by atoms with E-state index in [1.165, 1.54) is 13.2 Å². The lowest BCUT2D eigenvalue weighted by Gasteiger charge is -1.97. The Morgan fingerprint density at radius 1 is 1.50 bits per heavy atom. The first-order valence-corrected chi connectivity index (χ1v) is 4.09. The third-order valence-electron chi connectivity index (χ3n) is 1.71. The summed E-state index contributed by atoms with van der Waals surface area (Å²) in [5, 5.41) is 0. The average Bonchev–Trinajstić information content (AvgIpc) is 2.26. The van der Waals surface area contributed by atoms with Gasteiger partial charge in [-0.1, -0.05) is 18.2 Å². The second kappa shape index (κ2) is 4.97. The molecule has 0 atom stereocenters. The third kappa shape index (κ3) is 2.55. The SMILES string of the molecule is C=Nc1ccccc1/C=C/C(=O)OC. The van der Waals surface area contributed by atoms with Gasteiger partial charge in [0.25, 0.3) is 0 Å². The molecule has 0 unspecified atom stereocenters. The van der Waals surface area contributed by atoms with Crippen LogP contribution in [0.3, 0.4) is 0 Å². The van der Waals surface area contributed by atoms with E-state index in [1.807, 2.05) is 24.3 Å². The standard InChI is InChI=1S/C11H11NO2/c1-12-10-6-4-3-5-9(10)7-8-11(13)14-2/h3-8H,1H2,2H3/b8-7+. The van der Waals surface area contributed by atoms with Crippen LogP contribution in [0.1, 0.15) is 5.56 Å². The van der Waals surface area contributed by atoms with Gasteiger partial charge in [-0.25, -0.2) is 4.79 Å². The molecular weight excluding hydrogens is 178 g/mol. The number of rotatable bonds is 3. The van der Waals surface area contributed by atoms with Gasteiger partial charge < -0.3 is 4.74 Å². The molecule has 0 N–H and O–H groups in total. The first kappa shape index (κ1) is 10.2. The normalized spacial score (nSPS) is 10.1. The Hall–Kier alpha value is -1.90. The fraction of sp³-hybridized carbons (Fsp3) is 0.0909. The summed E-state index contributed by atoms with van der Waals surface area (Å²) >= 11 is 0. The molecule has 1 aromatic rings. The van der Waals surface area contributed by atoms with Crippen molar-refractivity contribution < 1.29 is 9.53 Å². The van der Waals surface area contributed by atoms with Crippen molar-refractivity contribution in [1.82, 2.24) is 0 Å². The van der Waals surface area contributed by atoms with Crippen molar-refractivity contribution in [2.45, 2.75) is 0 Å². The number of nitrogens with zero attached hydrogens (tertiary/aromatic N) is 1. The molecule has 0 spiro atoms. The van der Waals surface area contributed by atoms with E-state index in [0.29, 0.717) is 0 Å². The number of hydrogen-bond donors (Lipinski definition) is 0. The predicted molar refractivity (Wildman–Crippen MR) is 56.7 cm³/mol. The number of carbonyl (C=O) groups is 1. The Morgan fingerprint density at radius 3 is 2.86 bits per heavy atom. The van der Waals surface area contributed by atoms with Gasteiger partial charge in [0, 0.05) is 11.6 Å². The third-order valence-corrected chi connectivity index (χ3v) is 1.71. The zero-order chi connectivity index (χ0) is 10.4. The summed E-state index contributed by atoms with van der Waals surface area (Å²) in [6, 6.07) is 7.40. The van der Waals surface area contributed by atoms with E-state index in [1.54, 1.807) is 6.08 Å². The zero-order valence-electron chi connectivity index (χ0n) is 7.93. The summed E-state index contributed by atoms with van der Waals surface area (Å²) in [6.45, 7) is 3.44. The molecule has 1 rings (SSSR count). The van der Waals surface area contributed by atoms with E-state index < -0.39 is 0 Å². The fourth-order valence-electron chi connectivity index (χ4n) is 0.998. The van der Waals surface area contributed by atoms with Crippen molar-refractivity contribution >= 4 is 24.5 Å². The van der Waals surface area contributed by atoms with Crippen molar-refractivity contribution in [1.29, 1.82) is 0 Å². The van der Waals surface area contributed by atoms with E-state index in [0.717, 1.165) is 11.3 Å². The highest BCUT2D eigenvalue weighted by Crippen LogP contribution is 2.18. The summed E-state index contributed by atoms with van der Waals surface area (Å²) in [7, 11) is 1.34. The minimum absolute atomic E-state index is 0.385. The number of esters is 1. The van der Waals surface area contributed by atoms with Crippen molar-refractivity contribution in [3.8, 4) is 0 Å². The summed E-state index contributed by atoms with van der Waals surface area (Å²) < 4.78 is 4.47. The lowest BCUT2D eigenvalue weighted by atomic mass is 10.1. The Balaban J connectivity index is 2.90. The Morgan fingerprint density at radius 2 is 2.21 bits per heavy atom. The van der Waals surface area contributed by atoms with E-state index in [9.17, 15) is 4.79 Å². The molecule has 72 valence electrons. The quantitative estimate of drug-likeness (QED) is 0.415. The van der Waals surface area contributed by atoms with Crippen LogP contribution < -0.4 is 0 Å². The van der Waals surface area contributed by atoms with Crippen LogP contribution in [0.25, 0.3) is 6.08 Å². The number of ether oxygens (including phenoxy) is 1. The van der Waals surface area contributed by atoms with Gasteiger partial charge in [-0.05, 0) is 18.9 Å². The van der Waals surface area contributed by atoms with Gasteiger partial charge in [0.05, 0.1) is 12.8 Å². The molecule has 3 heteroatoms. The number of hydrogen-bond acceptors (Lipinski definition) is 3. The van der Waals surface area contributed by atoms with Crippen molar-refractivity contribution in [3.05, 3.63) is 35.9 Å². The van der Waals surface area contributed by atoms with Gasteiger partial charge in [0.2, 0.25) is 0 Å². The highest BCUT2D eigenvalue weighted by atomic mass is 16.5. The molecule has 0 radical (unpaired) electrons. The lowest BCUT2D eigenvalue weighted by Crippen LogP contribution is -1.93. The van der Waals surface area contributed by atoms with Crippen LogP contribution in [-0.2, 0) is 9.53 Å². The minimum atomic E-state index is -0.385. The summed E-state index contributed by atoms with van der Waals surface area (Å²) in [5.74, 6) is -0.385. The average molecular weight is 189 g/mol. The number of carbonyl (C=O) groups excluding carboxylic acids is 1. The number of para-hydroxylation sites is 1. The van der Waals surface area contributed by atoms with E-state index in [-0.39, 0.29) is 5.97 Å². The lowest BCUT2D eigenvalue weighted by molar-refractivity contribution is -0.134. The summed E-state index contributed by atoms with van der Waals surface area (Å²) in [5.41, 5.74) is 1.58. The van der Waals surface area contributed by atoms with E-state index in [4.69, 9.17) is 0 Å². The van der Waals surface area contributed by atoms with Gasteiger partial charge in [0.1, 0.15) is 0 Å². The monoisotopic (exact) mass is 189 g/mol. The van der Waals surface area contributed by atoms with Crippen molar-refractivity contribution in [2.24, 2.45) is 4.99 Å². The van der Waals surface area contributed by atoms with Crippen LogP contribution in [0.15, 0.2) is 35.3 Å². The molecule has 0 aliphatic carbocycles. The molecule has 0 heterocycles. The van der Waals surface area contributed by atoms with Crippen LogP contribution in [0, 0.1) is 0 Å². The first-order valence-electron chi connectivity index (χ1n) is 4.09. The van der Waals surface area contributed by atoms with Gasteiger partial charge in [-0.3, -0.25) is 4.99 Å². The molecule has 0 saturated carbocycles. The number of methoxy groups -OCH3 is 1. The van der Waals surface area contributed by atoms with E-state index >= 15 is 0 Å². The topological polar surface area (TPSA) is 38.7 Å². The first-order chi connectivity index (χ1) is 6.77. The van der Waals surface area contributed by atoms with Crippen LogP contribution in [0.5, 0.6) is 0 Å². The molecule has 0 aliphatic rings. The van der Waals surface area contributed by atoms with Crippen LogP contribution in [0.2, 0.25) is 0 Å². The maximum Gasteiger partial charge on any atom is 0.330 e. The van der Waals surface area contributed by atoms with Crippen LogP contribution in [0.4, 0.5) is 5.69 Å². The molecule has 0 amide bonds. The second-order valence-electron chi connectivity index (χ2n) is 2.57. The predicted octanol–water partition coefficient (Wildman–Crippen LogP) is 2.20. The fourth-order valence-corrected chi connectivity index (χ4v) is 0.998. The number of aliphatic imine (C=N–C) groups is 1. The molecular formula is C11H11NO2. The highest BCUT2D eigenvalue weighted by molar-refractivity contribution is 5.88. The summed E-state index contributed by atoms with van der Waals surface area (Å²) in [6.07, 6.45) is 3.00. The van der Waals surface area contributed by atoms with Gasteiger partial charge in [-0.2, -0.15) is 0 Å². The smallest absolute Gasteiger partial charge is 0.330 e. The summed E-state index contributed by atoms with van der Waals surface area (Å²) in [4.78, 5) is 14.7. The molecule has 3 nitrogen and oxygen atoms in total. The van der Waals surface area contributed by atoms with E-state index in [2.05, 4.69) is 16.4 Å². The van der Waals surface area contributed by atoms with Crippen molar-refractivity contribution in [2.75, 3.05) is 7.11 Å². The molecule has 0 bridgehead atoms.